The van der Waals surface area contributed by atoms with E-state index in [9.17, 15) is 22.8 Å². The first-order chi connectivity index (χ1) is 13.1. The van der Waals surface area contributed by atoms with Crippen LogP contribution in [-0.4, -0.2) is 85.9 Å². The molecule has 1 aromatic rings. The maximum atomic E-state index is 12.9. The summed E-state index contributed by atoms with van der Waals surface area (Å²) in [5, 5.41) is 0. The number of carbonyl (C=O) groups is 2. The van der Waals surface area contributed by atoms with E-state index in [4.69, 9.17) is 9.47 Å². The zero-order valence-electron chi connectivity index (χ0n) is 16.3. The topological polar surface area (TPSA) is 74.9 Å². The molecule has 2 rings (SSSR count). The van der Waals surface area contributed by atoms with Crippen molar-refractivity contribution in [3.05, 3.63) is 22.5 Å². The second-order valence-electron chi connectivity index (χ2n) is 6.79. The first-order valence-electron chi connectivity index (χ1n) is 9.07. The average molecular weight is 405 g/mol. The summed E-state index contributed by atoms with van der Waals surface area (Å²) >= 11 is 0. The number of hydrogen-bond acceptors (Lipinski definition) is 5. The Morgan fingerprint density at radius 3 is 2.46 bits per heavy atom. The van der Waals surface area contributed by atoms with Crippen molar-refractivity contribution in [2.45, 2.75) is 26.4 Å². The van der Waals surface area contributed by atoms with Gasteiger partial charge in [0.1, 0.15) is 12.3 Å². The van der Waals surface area contributed by atoms with Gasteiger partial charge in [0.05, 0.1) is 18.7 Å². The number of rotatable bonds is 6. The third kappa shape index (κ3) is 5.71. The van der Waals surface area contributed by atoms with Crippen LogP contribution < -0.4 is 0 Å². The normalized spacial score (nSPS) is 16.1. The van der Waals surface area contributed by atoms with Crippen LogP contribution in [0, 0.1) is 13.8 Å². The Kier molecular flexibility index (Phi) is 7.48. The lowest BCUT2D eigenvalue weighted by Crippen LogP contribution is -2.38. The van der Waals surface area contributed by atoms with E-state index < -0.39 is 18.7 Å². The second-order valence-corrected chi connectivity index (χ2v) is 6.79. The number of amides is 1. The molecule has 1 fully saturated rings. The van der Waals surface area contributed by atoms with Crippen LogP contribution in [0.5, 0.6) is 0 Å². The molecular formula is C18H26F3N3O4. The number of methoxy groups -OCH3 is 1. The minimum atomic E-state index is -4.26. The lowest BCUT2D eigenvalue weighted by molar-refractivity contribution is -0.145. The number of aromatic amines is 1. The van der Waals surface area contributed by atoms with E-state index in [-0.39, 0.29) is 44.4 Å². The van der Waals surface area contributed by atoms with Crippen molar-refractivity contribution < 1.29 is 32.2 Å². The number of hydrogen-bond donors (Lipinski definition) is 1. The second kappa shape index (κ2) is 9.42. The van der Waals surface area contributed by atoms with Crippen LogP contribution in [-0.2, 0) is 9.47 Å². The van der Waals surface area contributed by atoms with Gasteiger partial charge in [-0.1, -0.05) is 0 Å². The predicted molar refractivity (Wildman–Crippen MR) is 95.4 cm³/mol. The summed E-state index contributed by atoms with van der Waals surface area (Å²) < 4.78 is 47.8. The highest BCUT2D eigenvalue weighted by atomic mass is 19.4. The van der Waals surface area contributed by atoms with Gasteiger partial charge >= 0.3 is 12.1 Å². The minimum Gasteiger partial charge on any atom is -0.460 e. The fourth-order valence-corrected chi connectivity index (χ4v) is 3.30. The summed E-state index contributed by atoms with van der Waals surface area (Å²) in [6, 6.07) is 0. The molecule has 1 N–H and O–H groups in total. The van der Waals surface area contributed by atoms with Crippen LogP contribution in [0.1, 0.15) is 38.5 Å². The quantitative estimate of drug-likeness (QED) is 0.580. The van der Waals surface area contributed by atoms with Gasteiger partial charge in [-0.15, -0.1) is 0 Å². The molecule has 0 atom stereocenters. The fraction of sp³-hybridized carbons (Fsp3) is 0.667. The van der Waals surface area contributed by atoms with E-state index in [0.29, 0.717) is 29.8 Å². The highest BCUT2D eigenvalue weighted by Gasteiger charge is 2.32. The number of carbonyl (C=O) groups excluding carboxylic acids is 2. The number of ether oxygens (including phenoxy) is 2. The van der Waals surface area contributed by atoms with E-state index in [0.717, 1.165) is 0 Å². The van der Waals surface area contributed by atoms with Gasteiger partial charge in [-0.2, -0.15) is 13.2 Å². The summed E-state index contributed by atoms with van der Waals surface area (Å²) in [7, 11) is 1.49. The summed E-state index contributed by atoms with van der Waals surface area (Å²) in [4.78, 5) is 30.9. The molecule has 1 aliphatic heterocycles. The molecule has 0 unspecified atom stereocenters. The number of alkyl halides is 3. The Morgan fingerprint density at radius 1 is 1.11 bits per heavy atom. The first-order valence-corrected chi connectivity index (χ1v) is 9.07. The molecule has 28 heavy (non-hydrogen) atoms. The number of nitrogens with one attached hydrogen (secondary N) is 1. The van der Waals surface area contributed by atoms with E-state index in [1.54, 1.807) is 13.8 Å². The third-order valence-electron chi connectivity index (χ3n) is 4.65. The lowest BCUT2D eigenvalue weighted by atomic mass is 10.1. The molecule has 0 aromatic carbocycles. The van der Waals surface area contributed by atoms with Gasteiger partial charge in [-0.3, -0.25) is 9.69 Å². The molecule has 2 heterocycles. The summed E-state index contributed by atoms with van der Waals surface area (Å²) in [6.07, 6.45) is -3.81. The van der Waals surface area contributed by atoms with Gasteiger partial charge in [0, 0.05) is 39.0 Å². The summed E-state index contributed by atoms with van der Waals surface area (Å²) in [5.74, 6) is -0.875. The standard InChI is InChI=1S/C18H26F3N3O4/c1-12-14(17(26)28-10-9-27-3)13(2)22-15(12)16(25)24-6-4-5-23(7-8-24)11-18(19,20)21/h22H,4-11H2,1-3H3. The molecule has 0 saturated carbocycles. The van der Waals surface area contributed by atoms with Crippen molar-refractivity contribution in [3.8, 4) is 0 Å². The van der Waals surface area contributed by atoms with Gasteiger partial charge in [0.15, 0.2) is 0 Å². The smallest absolute Gasteiger partial charge is 0.401 e. The molecule has 158 valence electrons. The predicted octanol–water partition coefficient (Wildman–Crippen LogP) is 2.14. The molecule has 0 aliphatic carbocycles. The monoisotopic (exact) mass is 405 g/mol. The Labute approximate surface area is 161 Å². The molecule has 1 aromatic heterocycles. The number of H-pyrrole nitrogens is 1. The van der Waals surface area contributed by atoms with Crippen molar-refractivity contribution in [2.24, 2.45) is 0 Å². The van der Waals surface area contributed by atoms with Crippen molar-refractivity contribution in [3.63, 3.8) is 0 Å². The molecule has 1 amide bonds. The van der Waals surface area contributed by atoms with E-state index in [2.05, 4.69) is 4.98 Å². The fourth-order valence-electron chi connectivity index (χ4n) is 3.30. The maximum absolute atomic E-state index is 12.9. The Bertz CT molecular complexity index is 703. The van der Waals surface area contributed by atoms with E-state index in [1.165, 1.54) is 16.9 Å². The van der Waals surface area contributed by atoms with Gasteiger partial charge in [-0.25, -0.2) is 4.79 Å². The number of aromatic nitrogens is 1. The van der Waals surface area contributed by atoms with Gasteiger partial charge in [0.2, 0.25) is 0 Å². The van der Waals surface area contributed by atoms with Gasteiger partial charge < -0.3 is 19.4 Å². The molecule has 0 spiro atoms. The molecule has 1 aliphatic rings. The van der Waals surface area contributed by atoms with Crippen molar-refractivity contribution >= 4 is 11.9 Å². The molecule has 10 heteroatoms. The highest BCUT2D eigenvalue weighted by Crippen LogP contribution is 2.22. The molecule has 0 radical (unpaired) electrons. The number of esters is 1. The van der Waals surface area contributed by atoms with Crippen molar-refractivity contribution in [1.82, 2.24) is 14.8 Å². The Balaban J connectivity index is 2.08. The zero-order chi connectivity index (χ0) is 20.9. The molecular weight excluding hydrogens is 379 g/mol. The summed E-state index contributed by atoms with van der Waals surface area (Å²) in [6.45, 7) is 3.69. The Hall–Kier alpha value is -2.07. The van der Waals surface area contributed by atoms with E-state index in [1.807, 2.05) is 0 Å². The maximum Gasteiger partial charge on any atom is 0.401 e. The zero-order valence-corrected chi connectivity index (χ0v) is 16.3. The van der Waals surface area contributed by atoms with Gasteiger partial charge in [-0.05, 0) is 25.8 Å². The van der Waals surface area contributed by atoms with Crippen LogP contribution in [0.3, 0.4) is 0 Å². The van der Waals surface area contributed by atoms with Crippen LogP contribution in [0.2, 0.25) is 0 Å². The Morgan fingerprint density at radius 2 is 1.82 bits per heavy atom. The molecule has 1 saturated heterocycles. The number of nitrogens with zero attached hydrogens (tertiary/aromatic N) is 2. The lowest BCUT2D eigenvalue weighted by Gasteiger charge is -2.22. The highest BCUT2D eigenvalue weighted by molar-refractivity contribution is 6.00. The van der Waals surface area contributed by atoms with Crippen LogP contribution in [0.15, 0.2) is 0 Å². The van der Waals surface area contributed by atoms with Crippen LogP contribution in [0.4, 0.5) is 13.2 Å². The van der Waals surface area contributed by atoms with Crippen molar-refractivity contribution in [1.29, 1.82) is 0 Å². The SMILES string of the molecule is COCCOC(=O)c1c(C)[nH]c(C(=O)N2CCCN(CC(F)(F)F)CC2)c1C. The average Bonchev–Trinajstić information content (AvgIpc) is 2.76. The summed E-state index contributed by atoms with van der Waals surface area (Å²) in [5.41, 5.74) is 1.55. The number of aryl methyl sites for hydroxylation is 1. The van der Waals surface area contributed by atoms with Gasteiger partial charge in [0.25, 0.3) is 5.91 Å². The largest absolute Gasteiger partial charge is 0.460 e. The minimum absolute atomic E-state index is 0.101. The number of halogens is 3. The third-order valence-corrected chi connectivity index (χ3v) is 4.65. The van der Waals surface area contributed by atoms with Crippen molar-refractivity contribution in [2.75, 3.05) is 53.0 Å². The molecule has 0 bridgehead atoms. The first kappa shape index (κ1) is 22.2. The molecule has 7 nitrogen and oxygen atoms in total. The van der Waals surface area contributed by atoms with E-state index >= 15 is 0 Å². The van der Waals surface area contributed by atoms with Crippen LogP contribution in [0.25, 0.3) is 0 Å². The van der Waals surface area contributed by atoms with Crippen LogP contribution >= 0.6 is 0 Å².